The van der Waals surface area contributed by atoms with E-state index in [1.807, 2.05) is 15.6 Å². The summed E-state index contributed by atoms with van der Waals surface area (Å²) in [5.41, 5.74) is 10.2. The molecule has 2 aliphatic heterocycles. The zero-order valence-corrected chi connectivity index (χ0v) is 35.1. The fourth-order valence-corrected chi connectivity index (χ4v) is 8.38. The van der Waals surface area contributed by atoms with Crippen molar-refractivity contribution in [2.75, 3.05) is 23.5 Å². The smallest absolute Gasteiger partial charge is 0.355 e. The quantitative estimate of drug-likeness (QED) is 0.115. The van der Waals surface area contributed by atoms with Crippen LogP contribution in [0.5, 0.6) is 5.75 Å². The average molecular weight is 899 g/mol. The molecule has 2 saturated heterocycles. The van der Waals surface area contributed by atoms with Crippen LogP contribution in [-0.2, 0) is 26.7 Å². The normalized spacial score (nSPS) is 16.5. The summed E-state index contributed by atoms with van der Waals surface area (Å²) in [5, 5.41) is 14.7. The summed E-state index contributed by atoms with van der Waals surface area (Å²) in [6, 6.07) is 15.0. The molecule has 64 heavy (non-hydrogen) atoms. The van der Waals surface area contributed by atoms with Crippen LogP contribution in [0.1, 0.15) is 71.0 Å². The number of rotatable bonds is 12. The summed E-state index contributed by atoms with van der Waals surface area (Å²) in [4.78, 5) is 55.9. The molecule has 5 N–H and O–H groups in total. The van der Waals surface area contributed by atoms with Gasteiger partial charge in [0.2, 0.25) is 11.8 Å². The molecule has 0 aliphatic carbocycles. The molecule has 0 spiro atoms. The number of nitrogens with one attached hydrogen (secondary N) is 3. The Morgan fingerprint density at radius 1 is 0.953 bits per heavy atom. The molecule has 332 valence electrons. The molecule has 5 heterocycles. The average Bonchev–Trinajstić information content (AvgIpc) is 3.91. The van der Waals surface area contributed by atoms with Crippen LogP contribution in [-0.4, -0.2) is 86.4 Å². The van der Waals surface area contributed by atoms with Crippen molar-refractivity contribution in [3.8, 4) is 28.1 Å². The number of halogens is 3. The molecule has 6 aromatic rings. The van der Waals surface area contributed by atoms with Gasteiger partial charge in [-0.2, -0.15) is 19.0 Å². The van der Waals surface area contributed by atoms with Gasteiger partial charge in [0.1, 0.15) is 35.2 Å². The van der Waals surface area contributed by atoms with E-state index in [4.69, 9.17) is 15.6 Å². The van der Waals surface area contributed by atoms with E-state index in [2.05, 4.69) is 20.7 Å². The zero-order valence-electron chi connectivity index (χ0n) is 34.3. The number of nitrogen functional groups attached to an aromatic ring is 1. The standard InChI is InChI=1S/C43H41F3N10O7S/c1-23(24-7-10-29(44)11-8-24)63-34-19-27(9-12-32(34)53-64(61,62)43(45)46)37-36-38(54(2)52-37)31(21-48-39(36)47)28-20-49-56(22-28)30-15-17-55(18-16-30)42(60)26-5-3-25(4-6-26)40(58)50-33-13-14-35(57)51-41(33)59/h3-12,19-23,30,33,43,53H,13-18H2,1-2H3,(H2,47,48)(H,50,58)(H,51,57,59)/t23-,33?/m0/s1. The van der Waals surface area contributed by atoms with Crippen LogP contribution in [0.3, 0.4) is 0 Å². The second kappa shape index (κ2) is 17.5. The molecular formula is C43H41F3N10O7S. The highest BCUT2D eigenvalue weighted by Gasteiger charge is 2.30. The maximum atomic E-state index is 13.6. The van der Waals surface area contributed by atoms with E-state index in [9.17, 15) is 40.8 Å². The van der Waals surface area contributed by atoms with Crippen molar-refractivity contribution in [3.05, 3.63) is 108 Å². The molecule has 3 aromatic carbocycles. The number of anilines is 2. The van der Waals surface area contributed by atoms with Crippen molar-refractivity contribution in [2.24, 2.45) is 7.05 Å². The van der Waals surface area contributed by atoms with Gasteiger partial charge in [0.05, 0.1) is 28.8 Å². The number of pyridine rings is 1. The summed E-state index contributed by atoms with van der Waals surface area (Å²) in [5.74, 6) is -5.76. The lowest BCUT2D eigenvalue weighted by Crippen LogP contribution is -2.52. The Morgan fingerprint density at radius 3 is 2.34 bits per heavy atom. The number of aryl methyl sites for hydroxylation is 1. The van der Waals surface area contributed by atoms with E-state index in [1.165, 1.54) is 54.6 Å². The summed E-state index contributed by atoms with van der Waals surface area (Å²) < 4.78 is 76.4. The first-order valence-electron chi connectivity index (χ1n) is 20.1. The number of hydrogen-bond donors (Lipinski definition) is 4. The number of ether oxygens (including phenoxy) is 1. The lowest BCUT2D eigenvalue weighted by atomic mass is 10.0. The third kappa shape index (κ3) is 8.83. The van der Waals surface area contributed by atoms with Crippen molar-refractivity contribution >= 4 is 56.1 Å². The first-order valence-corrected chi connectivity index (χ1v) is 21.7. The molecule has 3 aromatic heterocycles. The Kier molecular flexibility index (Phi) is 11.8. The van der Waals surface area contributed by atoms with Crippen molar-refractivity contribution < 1.29 is 45.5 Å². The number of hydrogen-bond acceptors (Lipinski definition) is 11. The number of imide groups is 1. The summed E-state index contributed by atoms with van der Waals surface area (Å²) in [7, 11) is -3.36. The van der Waals surface area contributed by atoms with Gasteiger partial charge in [0, 0.05) is 66.8 Å². The zero-order chi connectivity index (χ0) is 45.4. The van der Waals surface area contributed by atoms with Crippen LogP contribution in [0.4, 0.5) is 24.7 Å². The monoisotopic (exact) mass is 898 g/mol. The van der Waals surface area contributed by atoms with Gasteiger partial charge in [-0.25, -0.2) is 17.8 Å². The Bertz CT molecular complexity index is 2900. The minimum atomic E-state index is -5.08. The molecule has 2 aliphatic rings. The molecular weight excluding hydrogens is 858 g/mol. The molecule has 2 atom stereocenters. The largest absolute Gasteiger partial charge is 0.484 e. The van der Waals surface area contributed by atoms with Crippen molar-refractivity contribution in [3.63, 3.8) is 0 Å². The van der Waals surface area contributed by atoms with Crippen molar-refractivity contribution in [1.82, 2.24) is 40.1 Å². The van der Waals surface area contributed by atoms with Gasteiger partial charge >= 0.3 is 5.76 Å². The minimum Gasteiger partial charge on any atom is -0.484 e. The van der Waals surface area contributed by atoms with Crippen LogP contribution >= 0.6 is 0 Å². The number of likely N-dealkylation sites (tertiary alicyclic amines) is 1. The Labute approximate surface area is 363 Å². The minimum absolute atomic E-state index is 0.0350. The maximum absolute atomic E-state index is 13.6. The number of sulfonamides is 1. The van der Waals surface area contributed by atoms with E-state index in [-0.39, 0.29) is 53.5 Å². The molecule has 1 unspecified atom stereocenters. The predicted octanol–water partition coefficient (Wildman–Crippen LogP) is 5.34. The van der Waals surface area contributed by atoms with Crippen LogP contribution in [0.15, 0.2) is 85.3 Å². The first kappa shape index (κ1) is 43.4. The number of nitrogens with zero attached hydrogens (tertiary/aromatic N) is 6. The summed E-state index contributed by atoms with van der Waals surface area (Å²) >= 11 is 0. The van der Waals surface area contributed by atoms with Gasteiger partial charge in [-0.1, -0.05) is 18.2 Å². The molecule has 8 rings (SSSR count). The number of fused-ring (bicyclic) bond motifs is 1. The fourth-order valence-electron chi connectivity index (χ4n) is 7.82. The number of nitrogens with two attached hydrogens (primary N) is 1. The highest BCUT2D eigenvalue weighted by molar-refractivity contribution is 7.93. The van der Waals surface area contributed by atoms with E-state index in [0.717, 1.165) is 0 Å². The van der Waals surface area contributed by atoms with E-state index in [1.54, 1.807) is 48.1 Å². The summed E-state index contributed by atoms with van der Waals surface area (Å²) in [6.45, 7) is 2.54. The van der Waals surface area contributed by atoms with Gasteiger partial charge in [-0.15, -0.1) is 0 Å². The number of amides is 4. The van der Waals surface area contributed by atoms with Crippen LogP contribution < -0.4 is 25.8 Å². The highest BCUT2D eigenvalue weighted by atomic mass is 32.2. The number of carbonyl (C=O) groups excluding carboxylic acids is 4. The Balaban J connectivity index is 0.982. The molecule has 0 radical (unpaired) electrons. The lowest BCUT2D eigenvalue weighted by molar-refractivity contribution is -0.134. The second-order valence-electron chi connectivity index (χ2n) is 15.5. The topological polar surface area (TPSA) is 226 Å². The number of piperidine rings is 2. The number of aromatic nitrogens is 5. The van der Waals surface area contributed by atoms with E-state index in [0.29, 0.717) is 70.3 Å². The third-order valence-electron chi connectivity index (χ3n) is 11.3. The van der Waals surface area contributed by atoms with Crippen LogP contribution in [0.2, 0.25) is 0 Å². The van der Waals surface area contributed by atoms with Gasteiger partial charge < -0.3 is 20.7 Å². The summed E-state index contributed by atoms with van der Waals surface area (Å²) in [6.07, 6.45) is 5.98. The number of carbonyl (C=O) groups is 4. The molecule has 17 nitrogen and oxygen atoms in total. The van der Waals surface area contributed by atoms with Gasteiger partial charge in [-0.05, 0) is 80.3 Å². The second-order valence-corrected chi connectivity index (χ2v) is 17.1. The molecule has 0 saturated carbocycles. The van der Waals surface area contributed by atoms with E-state index < -0.39 is 45.6 Å². The first-order chi connectivity index (χ1) is 30.6. The Hall–Kier alpha value is -7.29. The Morgan fingerprint density at radius 2 is 1.66 bits per heavy atom. The van der Waals surface area contributed by atoms with Gasteiger partial charge in [0.15, 0.2) is 0 Å². The molecule has 21 heteroatoms. The highest BCUT2D eigenvalue weighted by Crippen LogP contribution is 2.41. The maximum Gasteiger partial charge on any atom is 0.355 e. The van der Waals surface area contributed by atoms with Gasteiger partial charge in [-0.3, -0.25) is 38.6 Å². The number of benzene rings is 3. The fraction of sp³-hybridized carbons (Fsp3) is 0.279. The van der Waals surface area contributed by atoms with Crippen molar-refractivity contribution in [1.29, 1.82) is 0 Å². The lowest BCUT2D eigenvalue weighted by Gasteiger charge is -2.32. The van der Waals surface area contributed by atoms with E-state index >= 15 is 0 Å². The predicted molar refractivity (Wildman–Crippen MR) is 228 cm³/mol. The molecule has 0 bridgehead atoms. The number of alkyl halides is 2. The van der Waals surface area contributed by atoms with Crippen LogP contribution in [0, 0.1) is 5.82 Å². The van der Waals surface area contributed by atoms with Gasteiger partial charge in [0.25, 0.3) is 21.8 Å². The molecule has 2 fully saturated rings. The van der Waals surface area contributed by atoms with Crippen molar-refractivity contribution in [2.45, 2.75) is 56.6 Å². The van der Waals surface area contributed by atoms with Crippen LogP contribution in [0.25, 0.3) is 33.3 Å². The third-order valence-corrected chi connectivity index (χ3v) is 12.2. The molecule has 4 amide bonds. The SMILES string of the molecule is C[C@H](Oc1cc(-c2nn(C)c3c(-c4cnn(C5CCN(C(=O)c6ccc(C(=O)NC7CCC(=O)NC7=O)cc6)CC5)c4)cnc(N)c23)ccc1NS(=O)(=O)C(F)F)c1ccc(F)cc1.